The number of hydrogen-bond acceptors (Lipinski definition) is 6. The molecule has 0 atom stereocenters. The summed E-state index contributed by atoms with van der Waals surface area (Å²) >= 11 is 6.67. The Kier molecular flexibility index (Phi) is 7.54. The fraction of sp³-hybridized carbons (Fsp3) is 0.200. The lowest BCUT2D eigenvalue weighted by Crippen LogP contribution is -2.36. The molecule has 0 bridgehead atoms. The minimum atomic E-state index is -0.386. The number of aryl methyl sites for hydroxylation is 2. The molecular formula is C30H27N3O4S2. The molecule has 9 heteroatoms. The maximum absolute atomic E-state index is 13.7. The van der Waals surface area contributed by atoms with E-state index >= 15 is 0 Å². The Morgan fingerprint density at radius 2 is 1.72 bits per heavy atom. The van der Waals surface area contributed by atoms with Gasteiger partial charge in [0.25, 0.3) is 11.8 Å². The molecule has 0 aliphatic carbocycles. The Hall–Kier alpha value is -3.95. The lowest BCUT2D eigenvalue weighted by atomic mass is 10.1. The number of para-hydroxylation sites is 1. The van der Waals surface area contributed by atoms with Crippen molar-refractivity contribution in [2.75, 3.05) is 30.4 Å². The Balaban J connectivity index is 1.36. The van der Waals surface area contributed by atoms with E-state index in [2.05, 4.69) is 5.32 Å². The molecule has 0 radical (unpaired) electrons. The third-order valence-corrected chi connectivity index (χ3v) is 8.19. The quantitative estimate of drug-likeness (QED) is 0.321. The Bertz CT molecular complexity index is 1530. The highest BCUT2D eigenvalue weighted by Gasteiger charge is 2.42. The largest absolute Gasteiger partial charge is 0.497 e. The summed E-state index contributed by atoms with van der Waals surface area (Å²) in [4.78, 5) is 43.4. The second kappa shape index (κ2) is 11.0. The number of amides is 3. The number of hydrogen-bond donors (Lipinski definition) is 1. The molecule has 3 aromatic rings. The van der Waals surface area contributed by atoms with Gasteiger partial charge in [-0.3, -0.25) is 24.2 Å². The predicted octanol–water partition coefficient (Wildman–Crippen LogP) is 5.11. The predicted molar refractivity (Wildman–Crippen MR) is 159 cm³/mol. The van der Waals surface area contributed by atoms with E-state index in [9.17, 15) is 14.4 Å². The van der Waals surface area contributed by atoms with Crippen LogP contribution in [0.15, 0.2) is 71.6 Å². The summed E-state index contributed by atoms with van der Waals surface area (Å²) in [6, 6.07) is 20.6. The van der Waals surface area contributed by atoms with E-state index < -0.39 is 0 Å². The van der Waals surface area contributed by atoms with Crippen LogP contribution >= 0.6 is 24.0 Å². The summed E-state index contributed by atoms with van der Waals surface area (Å²) < 4.78 is 5.62. The van der Waals surface area contributed by atoms with Gasteiger partial charge >= 0.3 is 0 Å². The summed E-state index contributed by atoms with van der Waals surface area (Å²) in [6.45, 7) is 4.13. The van der Waals surface area contributed by atoms with Crippen molar-refractivity contribution < 1.29 is 19.1 Å². The molecule has 1 fully saturated rings. The number of nitrogens with one attached hydrogen (secondary N) is 1. The maximum Gasteiger partial charge on any atom is 0.267 e. The summed E-state index contributed by atoms with van der Waals surface area (Å²) in [7, 11) is 1.61. The van der Waals surface area contributed by atoms with Gasteiger partial charge in [0.1, 0.15) is 16.6 Å². The van der Waals surface area contributed by atoms with Crippen LogP contribution in [0.1, 0.15) is 22.3 Å². The molecular weight excluding hydrogens is 530 g/mol. The van der Waals surface area contributed by atoms with Crippen molar-refractivity contribution in [1.29, 1.82) is 0 Å². The van der Waals surface area contributed by atoms with Crippen molar-refractivity contribution >= 4 is 63.0 Å². The number of anilines is 2. The molecule has 39 heavy (non-hydrogen) atoms. The molecule has 7 nitrogen and oxygen atoms in total. The van der Waals surface area contributed by atoms with Crippen LogP contribution in [0, 0.1) is 13.8 Å². The molecule has 1 N–H and O–H groups in total. The first-order valence-corrected chi connectivity index (χ1v) is 13.7. The van der Waals surface area contributed by atoms with Crippen LogP contribution in [0.4, 0.5) is 11.4 Å². The zero-order valence-corrected chi connectivity index (χ0v) is 23.4. The van der Waals surface area contributed by atoms with Crippen LogP contribution in [-0.4, -0.2) is 47.1 Å². The van der Waals surface area contributed by atoms with Crippen LogP contribution in [-0.2, 0) is 20.8 Å². The summed E-state index contributed by atoms with van der Waals surface area (Å²) in [5, 5.41) is 2.90. The summed E-state index contributed by atoms with van der Waals surface area (Å²) in [6.07, 6.45) is 0.605. The van der Waals surface area contributed by atoms with Crippen LogP contribution in [0.2, 0.25) is 0 Å². The highest BCUT2D eigenvalue weighted by atomic mass is 32.2. The van der Waals surface area contributed by atoms with Gasteiger partial charge in [-0.2, -0.15) is 0 Å². The van der Waals surface area contributed by atoms with Crippen LogP contribution in [0.3, 0.4) is 0 Å². The average molecular weight is 558 g/mol. The number of thiocarbonyl (C=S) groups is 1. The SMILES string of the molecule is COc1ccc(CCN2C(=O)/C(=C3/C(=O)N(CC(=O)Nc4ccc(C)cc4C)c4ccccc43)SC2=S)cc1. The number of thioether (sulfide) groups is 1. The number of nitrogens with zero attached hydrogens (tertiary/aromatic N) is 2. The van der Waals surface area contributed by atoms with E-state index in [-0.39, 0.29) is 29.8 Å². The minimum Gasteiger partial charge on any atom is -0.497 e. The average Bonchev–Trinajstić information content (AvgIpc) is 3.36. The van der Waals surface area contributed by atoms with Crippen LogP contribution in [0.25, 0.3) is 5.57 Å². The lowest BCUT2D eigenvalue weighted by Gasteiger charge is -2.17. The number of carbonyl (C=O) groups excluding carboxylic acids is 3. The van der Waals surface area contributed by atoms with Gasteiger partial charge in [0.2, 0.25) is 5.91 Å². The lowest BCUT2D eigenvalue weighted by molar-refractivity contribution is -0.122. The van der Waals surface area contributed by atoms with Gasteiger partial charge in [0, 0.05) is 17.8 Å². The zero-order valence-electron chi connectivity index (χ0n) is 21.8. The summed E-state index contributed by atoms with van der Waals surface area (Å²) in [5.41, 5.74) is 5.28. The topological polar surface area (TPSA) is 79.0 Å². The highest BCUT2D eigenvalue weighted by Crippen LogP contribution is 2.44. The van der Waals surface area contributed by atoms with Crippen molar-refractivity contribution in [2.24, 2.45) is 0 Å². The normalized spacial score (nSPS) is 16.6. The molecule has 0 unspecified atom stereocenters. The van der Waals surface area contributed by atoms with Gasteiger partial charge in [0.05, 0.1) is 23.3 Å². The molecule has 3 amide bonds. The monoisotopic (exact) mass is 557 g/mol. The molecule has 0 aromatic heterocycles. The van der Waals surface area contributed by atoms with Crippen LogP contribution in [0.5, 0.6) is 5.75 Å². The summed E-state index contributed by atoms with van der Waals surface area (Å²) in [5.74, 6) is -0.237. The van der Waals surface area contributed by atoms with Crippen molar-refractivity contribution in [1.82, 2.24) is 4.90 Å². The van der Waals surface area contributed by atoms with E-state index in [1.165, 1.54) is 9.80 Å². The van der Waals surface area contributed by atoms with Gasteiger partial charge in [-0.05, 0) is 55.7 Å². The third kappa shape index (κ3) is 5.32. The fourth-order valence-corrected chi connectivity index (χ4v) is 6.10. The Morgan fingerprint density at radius 3 is 2.44 bits per heavy atom. The minimum absolute atomic E-state index is 0.176. The number of carbonyl (C=O) groups is 3. The van der Waals surface area contributed by atoms with Crippen molar-refractivity contribution in [3.05, 3.63) is 93.9 Å². The van der Waals surface area contributed by atoms with E-state index in [1.807, 2.05) is 68.4 Å². The maximum atomic E-state index is 13.7. The number of ether oxygens (including phenoxy) is 1. The smallest absolute Gasteiger partial charge is 0.267 e. The first-order chi connectivity index (χ1) is 18.8. The van der Waals surface area contributed by atoms with E-state index in [0.717, 1.165) is 34.2 Å². The van der Waals surface area contributed by atoms with E-state index in [1.54, 1.807) is 19.2 Å². The number of fused-ring (bicyclic) bond motifs is 1. The molecule has 0 spiro atoms. The third-order valence-electron chi connectivity index (χ3n) is 6.74. The van der Waals surface area contributed by atoms with Gasteiger partial charge in [-0.1, -0.05) is 72.0 Å². The molecule has 0 saturated carbocycles. The Morgan fingerprint density at radius 1 is 0.974 bits per heavy atom. The first kappa shape index (κ1) is 26.6. The van der Waals surface area contributed by atoms with Gasteiger partial charge in [0.15, 0.2) is 0 Å². The highest BCUT2D eigenvalue weighted by molar-refractivity contribution is 8.26. The van der Waals surface area contributed by atoms with Crippen molar-refractivity contribution in [3.63, 3.8) is 0 Å². The molecule has 2 heterocycles. The van der Waals surface area contributed by atoms with Crippen LogP contribution < -0.4 is 15.0 Å². The van der Waals surface area contributed by atoms with E-state index in [4.69, 9.17) is 17.0 Å². The molecule has 198 valence electrons. The molecule has 3 aromatic carbocycles. The Labute approximate surface area is 236 Å². The van der Waals surface area contributed by atoms with Gasteiger partial charge in [-0.15, -0.1) is 0 Å². The number of rotatable bonds is 7. The number of benzene rings is 3. The number of methoxy groups -OCH3 is 1. The second-order valence-electron chi connectivity index (χ2n) is 9.40. The van der Waals surface area contributed by atoms with E-state index in [0.29, 0.717) is 39.1 Å². The molecule has 2 aliphatic heterocycles. The molecule has 5 rings (SSSR count). The van der Waals surface area contributed by atoms with Gasteiger partial charge in [-0.25, -0.2) is 0 Å². The van der Waals surface area contributed by atoms with Crippen molar-refractivity contribution in [3.8, 4) is 5.75 Å². The molecule has 1 saturated heterocycles. The standard InChI is InChI=1S/C30H27N3O4S2/c1-18-8-13-23(19(2)16-18)31-25(34)17-33-24-7-5-4-6-22(24)26(28(33)35)27-29(36)32(30(38)39-27)15-14-20-9-11-21(37-3)12-10-20/h4-13,16H,14-15,17H2,1-3H3,(H,31,34)/b27-26-. The second-order valence-corrected chi connectivity index (χ2v) is 11.0. The van der Waals surface area contributed by atoms with Gasteiger partial charge < -0.3 is 10.1 Å². The zero-order chi connectivity index (χ0) is 27.7. The van der Waals surface area contributed by atoms with Crippen molar-refractivity contribution in [2.45, 2.75) is 20.3 Å². The molecule has 2 aliphatic rings. The fourth-order valence-electron chi connectivity index (χ4n) is 4.72. The first-order valence-electron chi connectivity index (χ1n) is 12.5.